The van der Waals surface area contributed by atoms with E-state index in [0.29, 0.717) is 22.4 Å². The number of nitrogens with two attached hydrogens (primary N) is 1. The second kappa shape index (κ2) is 7.03. The standard InChI is InChI=1S/C14H15FN4OS/c1-9-7-12(16)19-14(17-9)21-6-5-13(20)18-11-4-2-3-10(15)8-11/h2-4,7-8H,5-6H2,1H3,(H,18,20)(H2,16,17,19). The van der Waals surface area contributed by atoms with Gasteiger partial charge in [0.15, 0.2) is 5.16 Å². The Hall–Kier alpha value is -2.15. The molecule has 2 aromatic rings. The lowest BCUT2D eigenvalue weighted by molar-refractivity contribution is -0.115. The molecule has 0 aliphatic carbocycles. The number of carbonyl (C=O) groups excluding carboxylic acids is 1. The van der Waals surface area contributed by atoms with Crippen molar-refractivity contribution in [1.29, 1.82) is 0 Å². The number of halogens is 1. The van der Waals surface area contributed by atoms with E-state index in [1.54, 1.807) is 18.2 Å². The number of aryl methyl sites for hydroxylation is 1. The molecule has 21 heavy (non-hydrogen) atoms. The largest absolute Gasteiger partial charge is 0.384 e. The fraction of sp³-hybridized carbons (Fsp3) is 0.214. The Morgan fingerprint density at radius 2 is 2.19 bits per heavy atom. The number of amides is 1. The minimum atomic E-state index is -0.384. The third kappa shape index (κ3) is 5.03. The molecule has 110 valence electrons. The van der Waals surface area contributed by atoms with Crippen LogP contribution in [0.2, 0.25) is 0 Å². The molecule has 7 heteroatoms. The van der Waals surface area contributed by atoms with Crippen LogP contribution in [-0.4, -0.2) is 21.6 Å². The van der Waals surface area contributed by atoms with Crippen molar-refractivity contribution in [3.05, 3.63) is 41.8 Å². The Balaban J connectivity index is 1.81. The van der Waals surface area contributed by atoms with Gasteiger partial charge in [0.05, 0.1) is 0 Å². The maximum Gasteiger partial charge on any atom is 0.225 e. The van der Waals surface area contributed by atoms with Gasteiger partial charge in [0, 0.05) is 29.6 Å². The normalized spacial score (nSPS) is 10.4. The van der Waals surface area contributed by atoms with Gasteiger partial charge in [0.25, 0.3) is 0 Å². The van der Waals surface area contributed by atoms with E-state index in [1.807, 2.05) is 6.92 Å². The highest BCUT2D eigenvalue weighted by atomic mass is 32.2. The average molecular weight is 306 g/mol. The number of nitrogens with zero attached hydrogens (tertiary/aromatic N) is 2. The Morgan fingerprint density at radius 1 is 1.38 bits per heavy atom. The summed E-state index contributed by atoms with van der Waals surface area (Å²) in [5.74, 6) is 0.359. The summed E-state index contributed by atoms with van der Waals surface area (Å²) < 4.78 is 13.0. The van der Waals surface area contributed by atoms with Crippen molar-refractivity contribution < 1.29 is 9.18 Å². The Morgan fingerprint density at radius 3 is 2.90 bits per heavy atom. The molecule has 1 aromatic heterocycles. The van der Waals surface area contributed by atoms with Crippen molar-refractivity contribution in [1.82, 2.24) is 9.97 Å². The lowest BCUT2D eigenvalue weighted by Gasteiger charge is -2.05. The van der Waals surface area contributed by atoms with Crippen LogP contribution in [0.25, 0.3) is 0 Å². The van der Waals surface area contributed by atoms with Gasteiger partial charge in [-0.15, -0.1) is 0 Å². The predicted molar refractivity (Wildman–Crippen MR) is 81.6 cm³/mol. The van der Waals surface area contributed by atoms with Crippen LogP contribution < -0.4 is 11.1 Å². The number of hydrogen-bond donors (Lipinski definition) is 2. The summed E-state index contributed by atoms with van der Waals surface area (Å²) in [5, 5.41) is 3.18. The molecule has 2 rings (SSSR count). The van der Waals surface area contributed by atoms with Gasteiger partial charge in [-0.1, -0.05) is 17.8 Å². The van der Waals surface area contributed by atoms with Crippen molar-refractivity contribution in [3.63, 3.8) is 0 Å². The first-order valence-corrected chi connectivity index (χ1v) is 7.31. The topological polar surface area (TPSA) is 80.9 Å². The molecule has 0 saturated carbocycles. The highest BCUT2D eigenvalue weighted by Gasteiger charge is 2.06. The molecule has 0 spiro atoms. The molecular weight excluding hydrogens is 291 g/mol. The maximum absolute atomic E-state index is 13.0. The van der Waals surface area contributed by atoms with Crippen LogP contribution in [0.1, 0.15) is 12.1 Å². The smallest absolute Gasteiger partial charge is 0.225 e. The van der Waals surface area contributed by atoms with Gasteiger partial charge < -0.3 is 11.1 Å². The molecule has 0 unspecified atom stereocenters. The molecule has 1 amide bonds. The van der Waals surface area contributed by atoms with Crippen molar-refractivity contribution in [2.24, 2.45) is 0 Å². The van der Waals surface area contributed by atoms with Gasteiger partial charge in [0.1, 0.15) is 11.6 Å². The van der Waals surface area contributed by atoms with Crippen LogP contribution in [0.4, 0.5) is 15.9 Å². The fourth-order valence-corrected chi connectivity index (χ4v) is 2.50. The molecule has 1 heterocycles. The molecule has 3 N–H and O–H groups in total. The van der Waals surface area contributed by atoms with Gasteiger partial charge in [-0.25, -0.2) is 14.4 Å². The number of aromatic nitrogens is 2. The number of anilines is 2. The molecule has 0 radical (unpaired) electrons. The molecular formula is C14H15FN4OS. The lowest BCUT2D eigenvalue weighted by Crippen LogP contribution is -2.12. The average Bonchev–Trinajstić information content (AvgIpc) is 2.37. The highest BCUT2D eigenvalue weighted by Crippen LogP contribution is 2.16. The zero-order valence-corrected chi connectivity index (χ0v) is 12.3. The van der Waals surface area contributed by atoms with Gasteiger partial charge in [-0.05, 0) is 25.1 Å². The minimum Gasteiger partial charge on any atom is -0.384 e. The first-order chi connectivity index (χ1) is 10.0. The lowest BCUT2D eigenvalue weighted by atomic mass is 10.3. The van der Waals surface area contributed by atoms with E-state index >= 15 is 0 Å². The van der Waals surface area contributed by atoms with Crippen LogP contribution in [0.3, 0.4) is 0 Å². The number of nitrogen functional groups attached to an aromatic ring is 1. The zero-order chi connectivity index (χ0) is 15.2. The number of benzene rings is 1. The second-order valence-electron chi connectivity index (χ2n) is 4.37. The van der Waals surface area contributed by atoms with Crippen LogP contribution in [-0.2, 0) is 4.79 Å². The fourth-order valence-electron chi connectivity index (χ4n) is 1.65. The van der Waals surface area contributed by atoms with E-state index in [-0.39, 0.29) is 18.1 Å². The highest BCUT2D eigenvalue weighted by molar-refractivity contribution is 7.99. The zero-order valence-electron chi connectivity index (χ0n) is 11.5. The number of carbonyl (C=O) groups is 1. The van der Waals surface area contributed by atoms with E-state index in [2.05, 4.69) is 15.3 Å². The molecule has 0 bridgehead atoms. The summed E-state index contributed by atoms with van der Waals surface area (Å²) in [6, 6.07) is 7.46. The molecule has 0 fully saturated rings. The van der Waals surface area contributed by atoms with Gasteiger partial charge >= 0.3 is 0 Å². The quantitative estimate of drug-likeness (QED) is 0.655. The van der Waals surface area contributed by atoms with Crippen molar-refractivity contribution in [3.8, 4) is 0 Å². The van der Waals surface area contributed by atoms with E-state index in [0.717, 1.165) is 5.69 Å². The molecule has 0 aliphatic rings. The first-order valence-electron chi connectivity index (χ1n) is 6.32. The van der Waals surface area contributed by atoms with Crippen molar-refractivity contribution in [2.45, 2.75) is 18.5 Å². The van der Waals surface area contributed by atoms with Gasteiger partial charge in [-0.2, -0.15) is 0 Å². The number of nitrogens with one attached hydrogen (secondary N) is 1. The Labute approximate surface area is 126 Å². The Kier molecular flexibility index (Phi) is 5.10. The summed E-state index contributed by atoms with van der Waals surface area (Å²) in [6.07, 6.45) is 0.276. The molecule has 0 aliphatic heterocycles. The third-order valence-corrected chi connectivity index (χ3v) is 3.37. The van der Waals surface area contributed by atoms with Crippen molar-refractivity contribution in [2.75, 3.05) is 16.8 Å². The van der Waals surface area contributed by atoms with E-state index in [4.69, 9.17) is 5.73 Å². The van der Waals surface area contributed by atoms with Crippen molar-refractivity contribution >= 4 is 29.2 Å². The van der Waals surface area contributed by atoms with Crippen LogP contribution in [0.5, 0.6) is 0 Å². The molecule has 0 atom stereocenters. The van der Waals surface area contributed by atoms with Crippen LogP contribution in [0.15, 0.2) is 35.5 Å². The summed E-state index contributed by atoms with van der Waals surface area (Å²) in [4.78, 5) is 20.0. The summed E-state index contributed by atoms with van der Waals surface area (Å²) >= 11 is 1.35. The third-order valence-electron chi connectivity index (χ3n) is 2.52. The summed E-state index contributed by atoms with van der Waals surface area (Å²) in [7, 11) is 0. The van der Waals surface area contributed by atoms with E-state index in [9.17, 15) is 9.18 Å². The maximum atomic E-state index is 13.0. The number of rotatable bonds is 5. The molecule has 5 nitrogen and oxygen atoms in total. The Bertz CT molecular complexity index is 630. The SMILES string of the molecule is Cc1cc(N)nc(SCCC(=O)Nc2cccc(F)c2)n1. The van der Waals surface area contributed by atoms with Crippen LogP contribution >= 0.6 is 11.8 Å². The van der Waals surface area contributed by atoms with Gasteiger partial charge in [-0.3, -0.25) is 4.79 Å². The van der Waals surface area contributed by atoms with Crippen LogP contribution in [0, 0.1) is 12.7 Å². The minimum absolute atomic E-state index is 0.186. The number of hydrogen-bond acceptors (Lipinski definition) is 5. The first kappa shape index (κ1) is 15.2. The van der Waals surface area contributed by atoms with E-state index < -0.39 is 0 Å². The number of thioether (sulfide) groups is 1. The molecule has 0 saturated heterocycles. The summed E-state index contributed by atoms with van der Waals surface area (Å²) in [6.45, 7) is 1.83. The second-order valence-corrected chi connectivity index (χ2v) is 5.44. The monoisotopic (exact) mass is 306 g/mol. The van der Waals surface area contributed by atoms with E-state index in [1.165, 1.54) is 23.9 Å². The predicted octanol–water partition coefficient (Wildman–Crippen LogP) is 2.63. The van der Waals surface area contributed by atoms with Gasteiger partial charge in [0.2, 0.25) is 5.91 Å². The summed E-state index contributed by atoms with van der Waals surface area (Å²) in [5.41, 5.74) is 6.86. The molecule has 1 aromatic carbocycles.